The van der Waals surface area contributed by atoms with Crippen LogP contribution in [0.25, 0.3) is 0 Å². The number of nitrogens with zero attached hydrogens (tertiary/aromatic N) is 1. The molecule has 7 heteroatoms. The van der Waals surface area contributed by atoms with Crippen LogP contribution in [-0.4, -0.2) is 55.0 Å². The number of rotatable bonds is 11. The molecule has 1 aromatic rings. The molecule has 1 saturated heterocycles. The summed E-state index contributed by atoms with van der Waals surface area (Å²) in [5, 5.41) is 2.72. The summed E-state index contributed by atoms with van der Waals surface area (Å²) in [6, 6.07) is 6.86. The normalized spacial score (nSPS) is 16.6. The molecule has 0 spiro atoms. The van der Waals surface area contributed by atoms with Gasteiger partial charge in [0.15, 0.2) is 6.61 Å². The SMILES string of the molecule is CCCCCOC(=O)CC1C(=O)NCCN1C(=O)COc1ccc(C(C)(C)CC)cc1. The number of esters is 1. The molecule has 2 rings (SSSR count). The molecule has 1 aliphatic rings. The summed E-state index contributed by atoms with van der Waals surface area (Å²) < 4.78 is 10.9. The van der Waals surface area contributed by atoms with Gasteiger partial charge in [-0.1, -0.05) is 52.7 Å². The van der Waals surface area contributed by atoms with Gasteiger partial charge in [-0.2, -0.15) is 0 Å². The molecule has 1 fully saturated rings. The summed E-state index contributed by atoms with van der Waals surface area (Å²) in [5.41, 5.74) is 1.28. The van der Waals surface area contributed by atoms with Crippen LogP contribution in [0.4, 0.5) is 0 Å². The molecule has 1 aliphatic heterocycles. The van der Waals surface area contributed by atoms with Crippen molar-refractivity contribution in [2.45, 2.75) is 71.3 Å². The van der Waals surface area contributed by atoms with Gasteiger partial charge >= 0.3 is 5.97 Å². The van der Waals surface area contributed by atoms with Gasteiger partial charge < -0.3 is 19.7 Å². The number of benzene rings is 1. The van der Waals surface area contributed by atoms with Crippen molar-refractivity contribution in [3.05, 3.63) is 29.8 Å². The Bertz CT molecular complexity index is 745. The lowest BCUT2D eigenvalue weighted by Crippen LogP contribution is -2.58. The van der Waals surface area contributed by atoms with E-state index >= 15 is 0 Å². The van der Waals surface area contributed by atoms with Crippen LogP contribution in [0.15, 0.2) is 24.3 Å². The summed E-state index contributed by atoms with van der Waals surface area (Å²) in [5.74, 6) is -0.531. The maximum atomic E-state index is 12.7. The lowest BCUT2D eigenvalue weighted by atomic mass is 9.82. The Kier molecular flexibility index (Phi) is 9.34. The van der Waals surface area contributed by atoms with Gasteiger partial charge in [-0.3, -0.25) is 14.4 Å². The van der Waals surface area contributed by atoms with Crippen molar-refractivity contribution in [2.75, 3.05) is 26.3 Å². The smallest absolute Gasteiger partial charge is 0.308 e. The van der Waals surface area contributed by atoms with E-state index < -0.39 is 12.0 Å². The Morgan fingerprint density at radius 3 is 2.52 bits per heavy atom. The second kappa shape index (κ2) is 11.7. The third-order valence-electron chi connectivity index (χ3n) is 5.90. The fourth-order valence-corrected chi connectivity index (χ4v) is 3.41. The van der Waals surface area contributed by atoms with Crippen molar-refractivity contribution in [3.63, 3.8) is 0 Å². The summed E-state index contributed by atoms with van der Waals surface area (Å²) in [6.07, 6.45) is 3.68. The average molecular weight is 433 g/mol. The molecule has 2 amide bonds. The van der Waals surface area contributed by atoms with Crippen LogP contribution in [0.1, 0.15) is 65.4 Å². The molecule has 1 atom stereocenters. The van der Waals surface area contributed by atoms with Crippen LogP contribution >= 0.6 is 0 Å². The minimum Gasteiger partial charge on any atom is -0.484 e. The molecular weight excluding hydrogens is 396 g/mol. The molecule has 0 saturated carbocycles. The Balaban J connectivity index is 1.92. The zero-order chi connectivity index (χ0) is 22.9. The van der Waals surface area contributed by atoms with Crippen LogP contribution in [0.2, 0.25) is 0 Å². The zero-order valence-electron chi connectivity index (χ0n) is 19.2. The first kappa shape index (κ1) is 24.7. The Labute approximate surface area is 185 Å². The molecule has 1 heterocycles. The van der Waals surface area contributed by atoms with Crippen molar-refractivity contribution < 1.29 is 23.9 Å². The number of carbonyl (C=O) groups is 3. The first-order chi connectivity index (χ1) is 14.8. The van der Waals surface area contributed by atoms with Crippen LogP contribution in [0.5, 0.6) is 5.75 Å². The van der Waals surface area contributed by atoms with Gasteiger partial charge in [0.25, 0.3) is 5.91 Å². The molecule has 1 aromatic carbocycles. The zero-order valence-corrected chi connectivity index (χ0v) is 19.2. The molecule has 0 aromatic heterocycles. The molecular formula is C24H36N2O5. The van der Waals surface area contributed by atoms with Gasteiger partial charge in [0.1, 0.15) is 11.8 Å². The molecule has 172 valence electrons. The second-order valence-electron chi connectivity index (χ2n) is 8.58. The Morgan fingerprint density at radius 2 is 1.87 bits per heavy atom. The predicted molar refractivity (Wildman–Crippen MR) is 119 cm³/mol. The van der Waals surface area contributed by atoms with Crippen LogP contribution < -0.4 is 10.1 Å². The highest BCUT2D eigenvalue weighted by atomic mass is 16.5. The van der Waals surface area contributed by atoms with Crippen molar-refractivity contribution in [1.29, 1.82) is 0 Å². The Hall–Kier alpha value is -2.57. The van der Waals surface area contributed by atoms with E-state index in [9.17, 15) is 14.4 Å². The van der Waals surface area contributed by atoms with Gasteiger partial charge in [0.2, 0.25) is 5.91 Å². The number of hydrogen-bond donors (Lipinski definition) is 1. The van der Waals surface area contributed by atoms with E-state index in [2.05, 4.69) is 33.0 Å². The fourth-order valence-electron chi connectivity index (χ4n) is 3.41. The lowest BCUT2D eigenvalue weighted by Gasteiger charge is -2.34. The fraction of sp³-hybridized carbons (Fsp3) is 0.625. The number of hydrogen-bond acceptors (Lipinski definition) is 5. The minimum absolute atomic E-state index is 0.0773. The van der Waals surface area contributed by atoms with Gasteiger partial charge in [0.05, 0.1) is 13.0 Å². The number of unbranched alkanes of at least 4 members (excludes halogenated alkanes) is 2. The van der Waals surface area contributed by atoms with Gasteiger partial charge in [-0.15, -0.1) is 0 Å². The van der Waals surface area contributed by atoms with Gasteiger partial charge in [0, 0.05) is 13.1 Å². The minimum atomic E-state index is -0.865. The first-order valence-corrected chi connectivity index (χ1v) is 11.2. The van der Waals surface area contributed by atoms with Crippen molar-refractivity contribution in [3.8, 4) is 5.75 Å². The molecule has 0 bridgehead atoms. The van der Waals surface area contributed by atoms with E-state index in [0.717, 1.165) is 25.7 Å². The highest BCUT2D eigenvalue weighted by Crippen LogP contribution is 2.28. The molecule has 31 heavy (non-hydrogen) atoms. The number of ether oxygens (including phenoxy) is 2. The van der Waals surface area contributed by atoms with E-state index in [1.54, 1.807) is 0 Å². The standard InChI is InChI=1S/C24H36N2O5/c1-5-7-8-15-30-22(28)16-20-23(29)25-13-14-26(20)21(27)17-31-19-11-9-18(10-12-19)24(3,4)6-2/h9-12,20H,5-8,13-17H2,1-4H3,(H,25,29). The van der Waals surface area contributed by atoms with Crippen molar-refractivity contribution >= 4 is 17.8 Å². The number of piperazine rings is 1. The van der Waals surface area contributed by atoms with Gasteiger partial charge in [-0.25, -0.2) is 0 Å². The number of nitrogens with one attached hydrogen (secondary N) is 1. The van der Waals surface area contributed by atoms with E-state index in [1.807, 2.05) is 24.3 Å². The predicted octanol–water partition coefficient (Wildman–Crippen LogP) is 3.20. The summed E-state index contributed by atoms with van der Waals surface area (Å²) in [6.45, 7) is 9.42. The molecule has 1 N–H and O–H groups in total. The van der Waals surface area contributed by atoms with E-state index in [0.29, 0.717) is 25.4 Å². The van der Waals surface area contributed by atoms with Crippen LogP contribution in [0, 0.1) is 0 Å². The molecule has 0 aliphatic carbocycles. The third-order valence-corrected chi connectivity index (χ3v) is 5.90. The van der Waals surface area contributed by atoms with Crippen molar-refractivity contribution in [2.24, 2.45) is 0 Å². The summed E-state index contributed by atoms with van der Waals surface area (Å²) in [7, 11) is 0. The monoisotopic (exact) mass is 432 g/mol. The van der Waals surface area contributed by atoms with Crippen LogP contribution in [0.3, 0.4) is 0 Å². The quantitative estimate of drug-likeness (QED) is 0.429. The summed E-state index contributed by atoms with van der Waals surface area (Å²) >= 11 is 0. The molecule has 0 radical (unpaired) electrons. The van der Waals surface area contributed by atoms with E-state index in [-0.39, 0.29) is 30.3 Å². The van der Waals surface area contributed by atoms with E-state index in [4.69, 9.17) is 9.47 Å². The average Bonchev–Trinajstić information content (AvgIpc) is 2.76. The maximum absolute atomic E-state index is 12.7. The highest BCUT2D eigenvalue weighted by Gasteiger charge is 2.35. The largest absolute Gasteiger partial charge is 0.484 e. The van der Waals surface area contributed by atoms with E-state index in [1.165, 1.54) is 10.5 Å². The number of amides is 2. The maximum Gasteiger partial charge on any atom is 0.308 e. The number of carbonyl (C=O) groups excluding carboxylic acids is 3. The van der Waals surface area contributed by atoms with Crippen molar-refractivity contribution in [1.82, 2.24) is 10.2 Å². The Morgan fingerprint density at radius 1 is 1.16 bits per heavy atom. The third kappa shape index (κ3) is 7.26. The summed E-state index contributed by atoms with van der Waals surface area (Å²) in [4.78, 5) is 38.6. The first-order valence-electron chi connectivity index (χ1n) is 11.2. The van der Waals surface area contributed by atoms with Gasteiger partial charge in [-0.05, 0) is 36.0 Å². The second-order valence-corrected chi connectivity index (χ2v) is 8.58. The molecule has 7 nitrogen and oxygen atoms in total. The lowest BCUT2D eigenvalue weighted by molar-refractivity contribution is -0.152. The van der Waals surface area contributed by atoms with Crippen LogP contribution in [-0.2, 0) is 24.5 Å². The highest BCUT2D eigenvalue weighted by molar-refractivity contribution is 5.92. The topological polar surface area (TPSA) is 84.9 Å². The molecule has 1 unspecified atom stereocenters.